The predicted octanol–water partition coefficient (Wildman–Crippen LogP) is 3.14. The standard InChI is InChI=1S/C15H27NO2/c1-3-7-15(8-4-2)10-16(11-15)13-6-5-12(9-13)14(17)18/h12-13H,3-11H2,1-2H3,(H,17,18)/t12-,13+/m1/s1. The molecular formula is C15H27NO2. The van der Waals surface area contributed by atoms with Crippen LogP contribution in [0, 0.1) is 11.3 Å². The van der Waals surface area contributed by atoms with Crippen LogP contribution < -0.4 is 0 Å². The average Bonchev–Trinajstić information content (AvgIpc) is 2.74. The van der Waals surface area contributed by atoms with Crippen molar-refractivity contribution >= 4 is 5.97 Å². The smallest absolute Gasteiger partial charge is 0.306 e. The van der Waals surface area contributed by atoms with Gasteiger partial charge in [0.2, 0.25) is 0 Å². The predicted molar refractivity (Wildman–Crippen MR) is 72.6 cm³/mol. The Labute approximate surface area is 111 Å². The van der Waals surface area contributed by atoms with Crippen molar-refractivity contribution in [1.29, 1.82) is 0 Å². The summed E-state index contributed by atoms with van der Waals surface area (Å²) in [5, 5.41) is 9.06. The molecule has 0 radical (unpaired) electrons. The molecule has 2 aliphatic rings. The van der Waals surface area contributed by atoms with E-state index in [1.807, 2.05) is 0 Å². The van der Waals surface area contributed by atoms with Crippen LogP contribution in [0.25, 0.3) is 0 Å². The summed E-state index contributed by atoms with van der Waals surface area (Å²) in [6.07, 6.45) is 8.07. The zero-order chi connectivity index (χ0) is 13.2. The molecule has 0 bridgehead atoms. The van der Waals surface area contributed by atoms with Crippen molar-refractivity contribution in [2.24, 2.45) is 11.3 Å². The first-order valence-corrected chi connectivity index (χ1v) is 7.57. The van der Waals surface area contributed by atoms with Gasteiger partial charge in [0.15, 0.2) is 0 Å². The Morgan fingerprint density at radius 3 is 2.28 bits per heavy atom. The summed E-state index contributed by atoms with van der Waals surface area (Å²) < 4.78 is 0. The van der Waals surface area contributed by atoms with Crippen LogP contribution in [0.2, 0.25) is 0 Å². The van der Waals surface area contributed by atoms with Crippen LogP contribution in [0.5, 0.6) is 0 Å². The Hall–Kier alpha value is -0.570. The van der Waals surface area contributed by atoms with E-state index < -0.39 is 5.97 Å². The molecule has 1 aliphatic heterocycles. The maximum Gasteiger partial charge on any atom is 0.306 e. The van der Waals surface area contributed by atoms with Gasteiger partial charge in [0.25, 0.3) is 0 Å². The number of carbonyl (C=O) groups is 1. The zero-order valence-corrected chi connectivity index (χ0v) is 11.8. The second kappa shape index (κ2) is 5.60. The lowest BCUT2D eigenvalue weighted by Gasteiger charge is -2.53. The number of hydrogen-bond acceptors (Lipinski definition) is 2. The molecule has 18 heavy (non-hydrogen) atoms. The molecule has 1 saturated carbocycles. The second-order valence-electron chi connectivity index (χ2n) is 6.41. The van der Waals surface area contributed by atoms with Crippen molar-refractivity contribution in [2.45, 2.75) is 64.8 Å². The highest BCUT2D eigenvalue weighted by Gasteiger charge is 2.46. The number of carboxylic acid groups (broad SMARTS) is 1. The maximum absolute atomic E-state index is 11.0. The summed E-state index contributed by atoms with van der Waals surface area (Å²) in [7, 11) is 0. The Morgan fingerprint density at radius 1 is 1.22 bits per heavy atom. The second-order valence-corrected chi connectivity index (χ2v) is 6.41. The van der Waals surface area contributed by atoms with Gasteiger partial charge in [0.05, 0.1) is 5.92 Å². The molecule has 1 aliphatic carbocycles. The summed E-state index contributed by atoms with van der Waals surface area (Å²) in [4.78, 5) is 13.5. The van der Waals surface area contributed by atoms with Gasteiger partial charge in [-0.3, -0.25) is 9.69 Å². The van der Waals surface area contributed by atoms with Gasteiger partial charge in [-0.15, -0.1) is 0 Å². The highest BCUT2D eigenvalue weighted by Crippen LogP contribution is 2.43. The van der Waals surface area contributed by atoms with Crippen molar-refractivity contribution in [3.63, 3.8) is 0 Å². The lowest BCUT2D eigenvalue weighted by Crippen LogP contribution is -2.59. The summed E-state index contributed by atoms with van der Waals surface area (Å²) in [5.41, 5.74) is 0.560. The first kappa shape index (κ1) is 13.9. The van der Waals surface area contributed by atoms with Crippen LogP contribution in [-0.2, 0) is 4.79 Å². The van der Waals surface area contributed by atoms with Crippen molar-refractivity contribution in [3.8, 4) is 0 Å². The van der Waals surface area contributed by atoms with Gasteiger partial charge >= 0.3 is 5.97 Å². The number of aliphatic carboxylic acids is 1. The minimum atomic E-state index is -0.591. The third-order valence-electron chi connectivity index (χ3n) is 4.91. The quantitative estimate of drug-likeness (QED) is 0.790. The number of rotatable bonds is 6. The van der Waals surface area contributed by atoms with Crippen molar-refractivity contribution in [3.05, 3.63) is 0 Å². The molecule has 0 spiro atoms. The molecule has 0 aromatic rings. The number of hydrogen-bond donors (Lipinski definition) is 1. The fourth-order valence-electron chi connectivity index (χ4n) is 4.09. The molecule has 2 fully saturated rings. The molecule has 0 aromatic heterocycles. The third kappa shape index (κ3) is 2.71. The van der Waals surface area contributed by atoms with Crippen LogP contribution in [0.4, 0.5) is 0 Å². The molecule has 0 amide bonds. The normalized spacial score (nSPS) is 31.2. The van der Waals surface area contributed by atoms with E-state index in [0.29, 0.717) is 11.5 Å². The molecule has 3 nitrogen and oxygen atoms in total. The van der Waals surface area contributed by atoms with Gasteiger partial charge in [-0.25, -0.2) is 0 Å². The molecule has 1 saturated heterocycles. The van der Waals surface area contributed by atoms with Gasteiger partial charge < -0.3 is 5.11 Å². The molecule has 0 unspecified atom stereocenters. The van der Waals surface area contributed by atoms with Crippen molar-refractivity contribution in [1.82, 2.24) is 4.90 Å². The average molecular weight is 253 g/mol. The van der Waals surface area contributed by atoms with Gasteiger partial charge in [0, 0.05) is 19.1 Å². The molecule has 104 valence electrons. The van der Waals surface area contributed by atoms with Crippen LogP contribution in [0.15, 0.2) is 0 Å². The topological polar surface area (TPSA) is 40.5 Å². The van der Waals surface area contributed by atoms with Crippen LogP contribution >= 0.6 is 0 Å². The Bertz CT molecular complexity index is 289. The van der Waals surface area contributed by atoms with Crippen molar-refractivity contribution in [2.75, 3.05) is 13.1 Å². The third-order valence-corrected chi connectivity index (χ3v) is 4.91. The summed E-state index contributed by atoms with van der Waals surface area (Å²) >= 11 is 0. The van der Waals surface area contributed by atoms with Gasteiger partial charge in [0.1, 0.15) is 0 Å². The fourth-order valence-corrected chi connectivity index (χ4v) is 4.09. The van der Waals surface area contributed by atoms with E-state index in [-0.39, 0.29) is 5.92 Å². The molecule has 3 heteroatoms. The van der Waals surface area contributed by atoms with Gasteiger partial charge in [-0.2, -0.15) is 0 Å². The largest absolute Gasteiger partial charge is 0.481 e. The van der Waals surface area contributed by atoms with Crippen LogP contribution in [0.1, 0.15) is 58.8 Å². The molecule has 2 atom stereocenters. The minimum Gasteiger partial charge on any atom is -0.481 e. The molecule has 0 aromatic carbocycles. The van der Waals surface area contributed by atoms with E-state index in [4.69, 9.17) is 5.11 Å². The van der Waals surface area contributed by atoms with E-state index in [9.17, 15) is 4.79 Å². The molecule has 1 heterocycles. The summed E-state index contributed by atoms with van der Waals surface area (Å²) in [6.45, 7) is 6.98. The minimum absolute atomic E-state index is 0.0812. The number of likely N-dealkylation sites (tertiary alicyclic amines) is 1. The van der Waals surface area contributed by atoms with Crippen LogP contribution in [0.3, 0.4) is 0 Å². The highest BCUT2D eigenvalue weighted by atomic mass is 16.4. The van der Waals surface area contributed by atoms with Gasteiger partial charge in [-0.1, -0.05) is 26.7 Å². The Balaban J connectivity index is 1.83. The highest BCUT2D eigenvalue weighted by molar-refractivity contribution is 5.70. The number of nitrogens with zero attached hydrogens (tertiary/aromatic N) is 1. The Morgan fingerprint density at radius 2 is 1.83 bits per heavy atom. The van der Waals surface area contributed by atoms with E-state index in [2.05, 4.69) is 18.7 Å². The lowest BCUT2D eigenvalue weighted by molar-refractivity contribution is -0.141. The van der Waals surface area contributed by atoms with E-state index in [1.165, 1.54) is 38.8 Å². The van der Waals surface area contributed by atoms with E-state index in [0.717, 1.165) is 19.3 Å². The SMILES string of the molecule is CCCC1(CCC)CN([C@H]2CC[C@@H](C(=O)O)C2)C1. The summed E-state index contributed by atoms with van der Waals surface area (Å²) in [5.74, 6) is -0.672. The molecule has 1 N–H and O–H groups in total. The van der Waals surface area contributed by atoms with E-state index in [1.54, 1.807) is 0 Å². The maximum atomic E-state index is 11.0. The zero-order valence-electron chi connectivity index (χ0n) is 11.8. The summed E-state index contributed by atoms with van der Waals surface area (Å²) in [6, 6.07) is 0.549. The first-order valence-electron chi connectivity index (χ1n) is 7.57. The molecule has 2 rings (SSSR count). The van der Waals surface area contributed by atoms with E-state index >= 15 is 0 Å². The van der Waals surface area contributed by atoms with Crippen LogP contribution in [-0.4, -0.2) is 35.1 Å². The Kier molecular flexibility index (Phi) is 4.31. The fraction of sp³-hybridized carbons (Fsp3) is 0.933. The first-order chi connectivity index (χ1) is 8.60. The number of carboxylic acids is 1. The van der Waals surface area contributed by atoms with Crippen molar-refractivity contribution < 1.29 is 9.90 Å². The van der Waals surface area contributed by atoms with Gasteiger partial charge in [-0.05, 0) is 37.5 Å². The molecular weight excluding hydrogens is 226 g/mol. The lowest BCUT2D eigenvalue weighted by atomic mass is 9.72. The monoisotopic (exact) mass is 253 g/mol.